The van der Waals surface area contributed by atoms with E-state index in [0.717, 1.165) is 18.3 Å². The van der Waals surface area contributed by atoms with Crippen molar-refractivity contribution in [2.24, 2.45) is 11.8 Å². The Morgan fingerprint density at radius 2 is 1.71 bits per heavy atom. The maximum absolute atomic E-state index is 13.4. The lowest BCUT2D eigenvalue weighted by molar-refractivity contribution is -0.0875. The summed E-state index contributed by atoms with van der Waals surface area (Å²) >= 11 is 0. The van der Waals surface area contributed by atoms with Gasteiger partial charge in [0, 0.05) is 23.5 Å². The van der Waals surface area contributed by atoms with Gasteiger partial charge in [0.1, 0.15) is 11.3 Å². The smallest absolute Gasteiger partial charge is 0.267 e. The Morgan fingerprint density at radius 1 is 1.10 bits per heavy atom. The van der Waals surface area contributed by atoms with E-state index in [-0.39, 0.29) is 23.5 Å². The molecule has 6 rings (SSSR count). The number of pyridine rings is 1. The number of piperidine rings is 2. The van der Waals surface area contributed by atoms with E-state index in [0.29, 0.717) is 23.0 Å². The van der Waals surface area contributed by atoms with Gasteiger partial charge in [0.05, 0.1) is 11.7 Å². The molecule has 1 aromatic heterocycles. The summed E-state index contributed by atoms with van der Waals surface area (Å²) < 4.78 is 1.61. The Morgan fingerprint density at radius 3 is 2.29 bits per heavy atom. The quantitative estimate of drug-likeness (QED) is 0.762. The summed E-state index contributed by atoms with van der Waals surface area (Å²) in [4.78, 5) is 29.2. The fourth-order valence-electron chi connectivity index (χ4n) is 6.75. The number of carbonyl (C=O) groups excluding carboxylic acids is 1. The fraction of sp³-hybridized carbons (Fsp3) is 0.600. The molecule has 2 saturated carbocycles. The molecule has 4 bridgehead atoms. The van der Waals surface area contributed by atoms with Crippen molar-refractivity contribution < 1.29 is 9.90 Å². The van der Waals surface area contributed by atoms with Crippen LogP contribution in [-0.2, 0) is 0 Å². The van der Waals surface area contributed by atoms with Crippen molar-refractivity contribution in [3.63, 3.8) is 0 Å². The molecule has 4 aliphatic rings. The second kappa shape index (κ2) is 7.66. The largest absolute Gasteiger partial charge is 0.506 e. The lowest BCUT2D eigenvalue weighted by Crippen LogP contribution is -2.64. The Balaban J connectivity index is 1.49. The zero-order chi connectivity index (χ0) is 21.9. The normalized spacial score (nSPS) is 28.4. The number of amides is 1. The summed E-state index contributed by atoms with van der Waals surface area (Å²) in [6, 6.07) is 8.16. The number of hydrogen-bond acceptors (Lipinski definition) is 4. The van der Waals surface area contributed by atoms with Crippen molar-refractivity contribution in [2.75, 3.05) is 0 Å². The standard InChI is InChI=1S/C25H33N3O3/c1-4-21(28-17-10-15-9-16(12-17)13-18(28)11-15)26-24(30)22-23(29)19-7-5-6-8-20(19)27(14(2)3)25(22)31/h5-8,14-18,21,29H,4,9-13H2,1-3H3,(H,26,30). The molecule has 6 nitrogen and oxygen atoms in total. The highest BCUT2D eigenvalue weighted by Gasteiger charge is 2.49. The highest BCUT2D eigenvalue weighted by atomic mass is 16.3. The molecule has 0 radical (unpaired) electrons. The number of para-hydroxylation sites is 1. The third-order valence-corrected chi connectivity index (χ3v) is 7.81. The molecular formula is C25H33N3O3. The van der Waals surface area contributed by atoms with E-state index >= 15 is 0 Å². The molecule has 4 fully saturated rings. The Kier molecular flexibility index (Phi) is 5.08. The maximum Gasteiger partial charge on any atom is 0.267 e. The SMILES string of the molecule is CCC(NC(=O)c1c(O)c2ccccc2n(C(C)C)c1=O)N1C2CC3CC(C2)CC1C3. The van der Waals surface area contributed by atoms with Crippen molar-refractivity contribution in [3.8, 4) is 5.75 Å². The summed E-state index contributed by atoms with van der Waals surface area (Å²) in [5, 5.41) is 14.6. The maximum atomic E-state index is 13.4. The summed E-state index contributed by atoms with van der Waals surface area (Å²) in [5.74, 6) is 0.998. The van der Waals surface area contributed by atoms with Gasteiger partial charge in [0.25, 0.3) is 11.5 Å². The van der Waals surface area contributed by atoms with Gasteiger partial charge in [-0.05, 0) is 76.3 Å². The molecule has 0 spiro atoms. The first kappa shape index (κ1) is 20.6. The minimum absolute atomic E-state index is 0.111. The van der Waals surface area contributed by atoms with Crippen LogP contribution in [0.3, 0.4) is 0 Å². The van der Waals surface area contributed by atoms with E-state index in [2.05, 4.69) is 17.1 Å². The summed E-state index contributed by atoms with van der Waals surface area (Å²) in [5.41, 5.74) is 0.0721. The van der Waals surface area contributed by atoms with Gasteiger partial charge in [-0.15, -0.1) is 0 Å². The van der Waals surface area contributed by atoms with E-state index in [4.69, 9.17) is 0 Å². The van der Waals surface area contributed by atoms with Gasteiger partial charge in [-0.1, -0.05) is 19.1 Å². The van der Waals surface area contributed by atoms with Crippen LogP contribution in [-0.4, -0.2) is 38.7 Å². The van der Waals surface area contributed by atoms with Gasteiger partial charge in [-0.25, -0.2) is 0 Å². The first-order valence-corrected chi connectivity index (χ1v) is 11.8. The van der Waals surface area contributed by atoms with Crippen molar-refractivity contribution in [1.82, 2.24) is 14.8 Å². The fourth-order valence-corrected chi connectivity index (χ4v) is 6.75. The predicted molar refractivity (Wildman–Crippen MR) is 121 cm³/mol. The first-order valence-electron chi connectivity index (χ1n) is 11.8. The molecule has 1 amide bonds. The number of rotatable bonds is 5. The van der Waals surface area contributed by atoms with Gasteiger partial charge >= 0.3 is 0 Å². The number of hydrogen-bond donors (Lipinski definition) is 2. The van der Waals surface area contributed by atoms with E-state index in [1.54, 1.807) is 10.6 Å². The summed E-state index contributed by atoms with van der Waals surface area (Å²) in [6.45, 7) is 5.92. The van der Waals surface area contributed by atoms with Crippen LogP contribution in [0.1, 0.15) is 75.7 Å². The number of nitrogens with one attached hydrogen (secondary N) is 1. The summed E-state index contributed by atoms with van der Waals surface area (Å²) in [7, 11) is 0. The van der Waals surface area contributed by atoms with E-state index < -0.39 is 11.5 Å². The highest BCUT2D eigenvalue weighted by Crippen LogP contribution is 2.49. The number of carbonyl (C=O) groups is 1. The Bertz CT molecular complexity index is 1050. The van der Waals surface area contributed by atoms with Crippen LogP contribution >= 0.6 is 0 Å². The van der Waals surface area contributed by atoms with E-state index in [1.807, 2.05) is 32.0 Å². The minimum atomic E-state index is -0.469. The zero-order valence-corrected chi connectivity index (χ0v) is 18.7. The number of aromatic nitrogens is 1. The second-order valence-corrected chi connectivity index (χ2v) is 10.1. The third-order valence-electron chi connectivity index (χ3n) is 7.81. The lowest BCUT2D eigenvalue weighted by Gasteiger charge is -2.58. The van der Waals surface area contributed by atoms with Crippen LogP contribution in [0.15, 0.2) is 29.1 Å². The van der Waals surface area contributed by atoms with Gasteiger partial charge in [-0.3, -0.25) is 14.5 Å². The van der Waals surface area contributed by atoms with Crippen LogP contribution in [0.2, 0.25) is 0 Å². The average Bonchev–Trinajstić information content (AvgIpc) is 2.72. The molecule has 1 atom stereocenters. The average molecular weight is 424 g/mol. The van der Waals surface area contributed by atoms with Crippen LogP contribution in [0.25, 0.3) is 10.9 Å². The zero-order valence-electron chi connectivity index (χ0n) is 18.7. The molecule has 1 unspecified atom stereocenters. The number of aromatic hydroxyl groups is 1. The summed E-state index contributed by atoms with van der Waals surface area (Å²) in [6.07, 6.45) is 6.94. The third kappa shape index (κ3) is 3.27. The molecule has 3 heterocycles. The van der Waals surface area contributed by atoms with Crippen LogP contribution in [0.5, 0.6) is 5.75 Å². The lowest BCUT2D eigenvalue weighted by atomic mass is 9.63. The first-order chi connectivity index (χ1) is 14.9. The second-order valence-electron chi connectivity index (χ2n) is 10.1. The van der Waals surface area contributed by atoms with Gasteiger partial charge in [0.2, 0.25) is 0 Å². The predicted octanol–water partition coefficient (Wildman–Crippen LogP) is 4.02. The molecule has 1 aromatic carbocycles. The Labute approximate surface area is 183 Å². The van der Waals surface area contributed by atoms with Crippen molar-refractivity contribution in [2.45, 2.75) is 83.6 Å². The van der Waals surface area contributed by atoms with E-state index in [1.165, 1.54) is 32.1 Å². The molecule has 2 N–H and O–H groups in total. The molecule has 2 aliphatic heterocycles. The Hall–Kier alpha value is -2.34. The minimum Gasteiger partial charge on any atom is -0.506 e. The highest BCUT2D eigenvalue weighted by molar-refractivity contribution is 6.02. The van der Waals surface area contributed by atoms with Crippen LogP contribution in [0.4, 0.5) is 0 Å². The molecule has 6 heteroatoms. The molecule has 31 heavy (non-hydrogen) atoms. The van der Waals surface area contributed by atoms with Crippen molar-refractivity contribution in [3.05, 3.63) is 40.2 Å². The van der Waals surface area contributed by atoms with Gasteiger partial charge in [-0.2, -0.15) is 0 Å². The van der Waals surface area contributed by atoms with Crippen molar-refractivity contribution >= 4 is 16.8 Å². The molecule has 2 aliphatic carbocycles. The van der Waals surface area contributed by atoms with Crippen LogP contribution < -0.4 is 10.9 Å². The van der Waals surface area contributed by atoms with E-state index in [9.17, 15) is 14.7 Å². The molecule has 166 valence electrons. The van der Waals surface area contributed by atoms with Gasteiger partial charge in [0.15, 0.2) is 0 Å². The number of benzene rings is 1. The number of fused-ring (bicyclic) bond motifs is 1. The van der Waals surface area contributed by atoms with Gasteiger partial charge < -0.3 is 15.0 Å². The molecule has 2 aromatic rings. The molecular weight excluding hydrogens is 390 g/mol. The topological polar surface area (TPSA) is 74.6 Å². The van der Waals surface area contributed by atoms with Crippen molar-refractivity contribution in [1.29, 1.82) is 0 Å². The van der Waals surface area contributed by atoms with Crippen LogP contribution in [0, 0.1) is 11.8 Å². The number of nitrogens with zero attached hydrogens (tertiary/aromatic N) is 2. The monoisotopic (exact) mass is 423 g/mol. The molecule has 2 saturated heterocycles.